The van der Waals surface area contributed by atoms with Gasteiger partial charge in [-0.05, 0) is 12.1 Å². The van der Waals surface area contributed by atoms with Crippen LogP contribution in [0.2, 0.25) is 0 Å². The van der Waals surface area contributed by atoms with Gasteiger partial charge in [-0.2, -0.15) is 0 Å². The van der Waals surface area contributed by atoms with Gasteiger partial charge in [0.15, 0.2) is 0 Å². The molecule has 1 rings (SSSR count). The average Bonchev–Trinajstić information content (AvgIpc) is 2.37. The maximum Gasteiger partial charge on any atom is 0.292 e. The summed E-state index contributed by atoms with van der Waals surface area (Å²) >= 11 is 0. The molecule has 2 N–H and O–H groups in total. The van der Waals surface area contributed by atoms with Gasteiger partial charge in [0.05, 0.1) is 9.82 Å². The van der Waals surface area contributed by atoms with Crippen LogP contribution in [0.4, 0.5) is 11.4 Å². The highest BCUT2D eigenvalue weighted by molar-refractivity contribution is 7.89. The summed E-state index contributed by atoms with van der Waals surface area (Å²) in [5.74, 6) is 0.200. The van der Waals surface area contributed by atoms with Gasteiger partial charge in [-0.15, -0.1) is 0 Å². The van der Waals surface area contributed by atoms with Crippen molar-refractivity contribution in [2.75, 3.05) is 30.9 Å². The predicted octanol–water partition coefficient (Wildman–Crippen LogP) is 0.293. The molecule has 0 aromatic heterocycles. The highest BCUT2D eigenvalue weighted by atomic mass is 32.2. The minimum absolute atomic E-state index is 0.0390. The quantitative estimate of drug-likeness (QED) is 0.550. The van der Waals surface area contributed by atoms with Gasteiger partial charge in [-0.3, -0.25) is 14.3 Å². The van der Waals surface area contributed by atoms with E-state index in [9.17, 15) is 22.7 Å². The summed E-state index contributed by atoms with van der Waals surface area (Å²) in [5, 5.41) is 13.3. The Balaban J connectivity index is 3.01. The van der Waals surface area contributed by atoms with Crippen molar-refractivity contribution in [3.05, 3.63) is 28.3 Å². The maximum absolute atomic E-state index is 12.0. The molecular formula is C10H15N3O5S2. The molecule has 112 valence electrons. The number of anilines is 1. The Labute approximate surface area is 119 Å². The van der Waals surface area contributed by atoms with Crippen LogP contribution in [0.5, 0.6) is 0 Å². The minimum Gasteiger partial charge on any atom is -0.383 e. The maximum atomic E-state index is 12.0. The van der Waals surface area contributed by atoms with Crippen LogP contribution in [0, 0.1) is 10.1 Å². The molecular weight excluding hydrogens is 306 g/mol. The van der Waals surface area contributed by atoms with Gasteiger partial charge in [0.25, 0.3) is 5.69 Å². The molecule has 0 aliphatic carbocycles. The van der Waals surface area contributed by atoms with Crippen molar-refractivity contribution in [3.63, 3.8) is 0 Å². The number of nitrogens with one attached hydrogen (secondary N) is 2. The SMILES string of the molecule is CNc1cc(S(=O)(=O)NCCS(C)=O)ccc1[N+](=O)[O-]. The van der Waals surface area contributed by atoms with E-state index < -0.39 is 25.7 Å². The first-order chi connectivity index (χ1) is 9.27. The fourth-order valence-electron chi connectivity index (χ4n) is 1.44. The molecule has 8 nitrogen and oxygen atoms in total. The number of sulfonamides is 1. The molecule has 0 bridgehead atoms. The highest BCUT2D eigenvalue weighted by Gasteiger charge is 2.19. The molecule has 1 aromatic carbocycles. The first-order valence-corrected chi connectivity index (χ1v) is 8.75. The van der Waals surface area contributed by atoms with Gasteiger partial charge >= 0.3 is 0 Å². The number of nitro groups is 1. The van der Waals surface area contributed by atoms with Crippen LogP contribution in [0.1, 0.15) is 0 Å². The van der Waals surface area contributed by atoms with Crippen molar-refractivity contribution in [1.82, 2.24) is 4.72 Å². The molecule has 20 heavy (non-hydrogen) atoms. The van der Waals surface area contributed by atoms with E-state index in [1.807, 2.05) is 0 Å². The van der Waals surface area contributed by atoms with E-state index in [4.69, 9.17) is 0 Å². The van der Waals surface area contributed by atoms with Crippen molar-refractivity contribution in [1.29, 1.82) is 0 Å². The van der Waals surface area contributed by atoms with Crippen LogP contribution in [0.25, 0.3) is 0 Å². The van der Waals surface area contributed by atoms with E-state index in [-0.39, 0.29) is 28.6 Å². The lowest BCUT2D eigenvalue weighted by Gasteiger charge is -2.08. The Kier molecular flexibility index (Phi) is 5.60. The predicted molar refractivity (Wildman–Crippen MR) is 76.8 cm³/mol. The molecule has 0 saturated heterocycles. The fraction of sp³-hybridized carbons (Fsp3) is 0.400. The molecule has 10 heteroatoms. The Morgan fingerprint density at radius 3 is 2.55 bits per heavy atom. The normalized spacial score (nSPS) is 12.9. The molecule has 0 radical (unpaired) electrons. The topological polar surface area (TPSA) is 118 Å². The lowest BCUT2D eigenvalue weighted by atomic mass is 10.3. The van der Waals surface area contributed by atoms with E-state index >= 15 is 0 Å². The third-order valence-electron chi connectivity index (χ3n) is 2.43. The summed E-state index contributed by atoms with van der Waals surface area (Å²) in [5.41, 5.74) is -0.0990. The zero-order chi connectivity index (χ0) is 15.3. The highest BCUT2D eigenvalue weighted by Crippen LogP contribution is 2.26. The van der Waals surface area contributed by atoms with E-state index in [0.717, 1.165) is 12.1 Å². The Morgan fingerprint density at radius 2 is 2.05 bits per heavy atom. The number of nitrogens with zero attached hydrogens (tertiary/aromatic N) is 1. The number of nitro benzene ring substituents is 1. The second-order valence-corrected chi connectivity index (χ2v) is 7.18. The third-order valence-corrected chi connectivity index (χ3v) is 4.66. The molecule has 0 heterocycles. The lowest BCUT2D eigenvalue weighted by molar-refractivity contribution is -0.384. The van der Waals surface area contributed by atoms with Crippen LogP contribution < -0.4 is 10.0 Å². The molecule has 1 unspecified atom stereocenters. The van der Waals surface area contributed by atoms with Crippen LogP contribution in [-0.4, -0.2) is 43.2 Å². The standard InChI is InChI=1S/C10H15N3O5S2/c1-11-9-7-8(3-4-10(9)13(14)15)20(17,18)12-5-6-19(2)16/h3-4,7,11-12H,5-6H2,1-2H3. The van der Waals surface area contributed by atoms with E-state index in [0.29, 0.717) is 0 Å². The second-order valence-electron chi connectivity index (χ2n) is 3.86. The van der Waals surface area contributed by atoms with E-state index in [1.54, 1.807) is 0 Å². The van der Waals surface area contributed by atoms with Gasteiger partial charge in [-0.1, -0.05) is 0 Å². The molecule has 0 amide bonds. The van der Waals surface area contributed by atoms with Gasteiger partial charge in [0.2, 0.25) is 10.0 Å². The summed E-state index contributed by atoms with van der Waals surface area (Å²) in [6, 6.07) is 3.46. The van der Waals surface area contributed by atoms with Gasteiger partial charge in [-0.25, -0.2) is 13.1 Å². The minimum atomic E-state index is -3.78. The van der Waals surface area contributed by atoms with Crippen molar-refractivity contribution in [3.8, 4) is 0 Å². The van der Waals surface area contributed by atoms with E-state index in [1.165, 1.54) is 19.4 Å². The summed E-state index contributed by atoms with van der Waals surface area (Å²) in [4.78, 5) is 10.1. The zero-order valence-electron chi connectivity index (χ0n) is 11.0. The largest absolute Gasteiger partial charge is 0.383 e. The van der Waals surface area contributed by atoms with Crippen molar-refractivity contribution in [2.45, 2.75) is 4.90 Å². The van der Waals surface area contributed by atoms with Crippen molar-refractivity contribution in [2.24, 2.45) is 0 Å². The summed E-state index contributed by atoms with van der Waals surface area (Å²) in [7, 11) is -3.41. The third kappa shape index (κ3) is 4.25. The molecule has 0 aliphatic heterocycles. The van der Waals surface area contributed by atoms with E-state index in [2.05, 4.69) is 10.0 Å². The molecule has 0 aliphatic rings. The number of hydrogen-bond donors (Lipinski definition) is 2. The van der Waals surface area contributed by atoms with Crippen LogP contribution in [0.15, 0.2) is 23.1 Å². The zero-order valence-corrected chi connectivity index (χ0v) is 12.6. The van der Waals surface area contributed by atoms with Crippen molar-refractivity contribution >= 4 is 32.2 Å². The molecule has 0 spiro atoms. The molecule has 0 fully saturated rings. The second kappa shape index (κ2) is 6.77. The first-order valence-electron chi connectivity index (χ1n) is 5.54. The Bertz CT molecular complexity index is 630. The summed E-state index contributed by atoms with van der Waals surface area (Å²) in [6.07, 6.45) is 1.47. The van der Waals surface area contributed by atoms with Gasteiger partial charge < -0.3 is 5.32 Å². The van der Waals surface area contributed by atoms with Gasteiger partial charge in [0.1, 0.15) is 5.69 Å². The summed E-state index contributed by atoms with van der Waals surface area (Å²) < 4.78 is 37.1. The fourth-order valence-corrected chi connectivity index (χ4v) is 3.02. The van der Waals surface area contributed by atoms with Crippen LogP contribution in [0.3, 0.4) is 0 Å². The Hall–Kier alpha value is -1.52. The number of hydrogen-bond acceptors (Lipinski definition) is 6. The van der Waals surface area contributed by atoms with Crippen LogP contribution in [-0.2, 0) is 20.8 Å². The number of benzene rings is 1. The molecule has 1 atom stereocenters. The monoisotopic (exact) mass is 321 g/mol. The van der Waals surface area contributed by atoms with Crippen molar-refractivity contribution < 1.29 is 17.6 Å². The number of rotatable bonds is 7. The first kappa shape index (κ1) is 16.5. The Morgan fingerprint density at radius 1 is 1.40 bits per heavy atom. The smallest absolute Gasteiger partial charge is 0.292 e. The van der Waals surface area contributed by atoms with Gasteiger partial charge in [0, 0.05) is 42.5 Å². The average molecular weight is 321 g/mol. The molecule has 1 aromatic rings. The summed E-state index contributed by atoms with van der Waals surface area (Å²) in [6.45, 7) is 0.0390. The lowest BCUT2D eigenvalue weighted by Crippen LogP contribution is -2.27. The molecule has 0 saturated carbocycles. The van der Waals surface area contributed by atoms with Crippen LogP contribution >= 0.6 is 0 Å².